The lowest BCUT2D eigenvalue weighted by Crippen LogP contribution is -2.31. The topological polar surface area (TPSA) is 35.5 Å². The molecule has 1 atom stereocenters. The second-order valence-electron chi connectivity index (χ2n) is 3.97. The Bertz CT molecular complexity index is 157. The van der Waals surface area contributed by atoms with Gasteiger partial charge in [-0.1, -0.05) is 13.5 Å². The Morgan fingerprint density at radius 2 is 2.21 bits per heavy atom. The van der Waals surface area contributed by atoms with Crippen LogP contribution in [0.3, 0.4) is 0 Å². The van der Waals surface area contributed by atoms with Crippen LogP contribution in [0.4, 0.5) is 0 Å². The van der Waals surface area contributed by atoms with Crippen LogP contribution < -0.4 is 5.32 Å². The van der Waals surface area contributed by atoms with Crippen LogP contribution in [0.15, 0.2) is 12.2 Å². The number of nitrogens with zero attached hydrogens (tertiary/aromatic N) is 1. The van der Waals surface area contributed by atoms with Crippen molar-refractivity contribution in [3.05, 3.63) is 12.2 Å². The number of rotatable bonds is 8. The molecule has 0 amide bonds. The smallest absolute Gasteiger partial charge is 0.0639 e. The molecule has 0 aliphatic rings. The third kappa shape index (κ3) is 8.23. The fraction of sp³-hybridized carbons (Fsp3) is 0.818. The lowest BCUT2D eigenvalue weighted by molar-refractivity contribution is 0.146. The average Bonchev–Trinajstić information content (AvgIpc) is 2.02. The van der Waals surface area contributed by atoms with E-state index in [1.807, 2.05) is 7.05 Å². The van der Waals surface area contributed by atoms with Crippen LogP contribution >= 0.6 is 0 Å². The summed E-state index contributed by atoms with van der Waals surface area (Å²) in [5.74, 6) is 0. The number of hydrogen-bond acceptors (Lipinski definition) is 3. The van der Waals surface area contributed by atoms with Crippen molar-refractivity contribution in [2.45, 2.75) is 26.4 Å². The van der Waals surface area contributed by atoms with Crippen molar-refractivity contribution in [2.24, 2.45) is 0 Å². The van der Waals surface area contributed by atoms with E-state index in [-0.39, 0.29) is 6.10 Å². The highest BCUT2D eigenvalue weighted by Gasteiger charge is 2.03. The molecule has 0 heterocycles. The van der Waals surface area contributed by atoms with Gasteiger partial charge in [-0.05, 0) is 32.5 Å². The lowest BCUT2D eigenvalue weighted by atomic mass is 10.2. The largest absolute Gasteiger partial charge is 0.392 e. The fourth-order valence-corrected chi connectivity index (χ4v) is 1.40. The van der Waals surface area contributed by atoms with Crippen molar-refractivity contribution < 1.29 is 5.11 Å². The Morgan fingerprint density at radius 3 is 2.71 bits per heavy atom. The summed E-state index contributed by atoms with van der Waals surface area (Å²) in [7, 11) is 2.00. The van der Waals surface area contributed by atoms with E-state index in [1.54, 1.807) is 6.92 Å². The van der Waals surface area contributed by atoms with Gasteiger partial charge in [-0.2, -0.15) is 0 Å². The van der Waals surface area contributed by atoms with Crippen LogP contribution in [-0.4, -0.2) is 49.3 Å². The molecule has 0 radical (unpaired) electrons. The van der Waals surface area contributed by atoms with E-state index in [1.165, 1.54) is 5.57 Å². The Balaban J connectivity index is 3.50. The molecule has 0 rings (SSSR count). The molecule has 3 nitrogen and oxygen atoms in total. The number of nitrogens with one attached hydrogen (secondary N) is 1. The van der Waals surface area contributed by atoms with Gasteiger partial charge in [0.15, 0.2) is 0 Å². The Kier molecular flexibility index (Phi) is 7.76. The minimum Gasteiger partial charge on any atom is -0.392 e. The van der Waals surface area contributed by atoms with Crippen molar-refractivity contribution >= 4 is 0 Å². The quantitative estimate of drug-likeness (QED) is 0.450. The van der Waals surface area contributed by atoms with Gasteiger partial charge in [0.1, 0.15) is 0 Å². The molecule has 0 aromatic heterocycles. The molecule has 0 fully saturated rings. The molecular weight excluding hydrogens is 176 g/mol. The number of likely N-dealkylation sites (N-methyl/N-ethyl adjacent to an activating group) is 1. The highest BCUT2D eigenvalue weighted by atomic mass is 16.3. The molecule has 3 heteroatoms. The van der Waals surface area contributed by atoms with Crippen molar-refractivity contribution in [1.29, 1.82) is 0 Å². The van der Waals surface area contributed by atoms with Gasteiger partial charge in [0.25, 0.3) is 0 Å². The maximum absolute atomic E-state index is 9.16. The SMILES string of the molecule is C=C(CNCCC)CN(C)CC(C)O. The number of aliphatic hydroxyl groups is 1. The average molecular weight is 200 g/mol. The van der Waals surface area contributed by atoms with Gasteiger partial charge in [-0.3, -0.25) is 4.90 Å². The minimum absolute atomic E-state index is 0.267. The molecule has 1 unspecified atom stereocenters. The first-order chi connectivity index (χ1) is 6.56. The van der Waals surface area contributed by atoms with Crippen molar-refractivity contribution in [3.8, 4) is 0 Å². The predicted molar refractivity (Wildman–Crippen MR) is 61.5 cm³/mol. The van der Waals surface area contributed by atoms with E-state index in [4.69, 9.17) is 5.11 Å². The Hall–Kier alpha value is -0.380. The van der Waals surface area contributed by atoms with E-state index >= 15 is 0 Å². The first-order valence-electron chi connectivity index (χ1n) is 5.30. The molecule has 0 spiro atoms. The van der Waals surface area contributed by atoms with Crippen molar-refractivity contribution in [2.75, 3.05) is 33.2 Å². The summed E-state index contributed by atoms with van der Waals surface area (Å²) in [6, 6.07) is 0. The molecule has 84 valence electrons. The van der Waals surface area contributed by atoms with E-state index < -0.39 is 0 Å². The van der Waals surface area contributed by atoms with E-state index in [2.05, 4.69) is 23.7 Å². The van der Waals surface area contributed by atoms with Gasteiger partial charge in [0.05, 0.1) is 6.10 Å². The minimum atomic E-state index is -0.267. The molecular formula is C11H24N2O. The van der Waals surface area contributed by atoms with E-state index in [0.717, 1.165) is 26.1 Å². The van der Waals surface area contributed by atoms with Crippen molar-refractivity contribution in [3.63, 3.8) is 0 Å². The monoisotopic (exact) mass is 200 g/mol. The summed E-state index contributed by atoms with van der Waals surface area (Å²) in [6.07, 6.45) is 0.882. The van der Waals surface area contributed by atoms with Crippen LogP contribution in [0.25, 0.3) is 0 Å². The summed E-state index contributed by atoms with van der Waals surface area (Å²) >= 11 is 0. The highest BCUT2D eigenvalue weighted by molar-refractivity contribution is 4.99. The molecule has 0 aliphatic carbocycles. The van der Waals surface area contributed by atoms with Gasteiger partial charge in [-0.25, -0.2) is 0 Å². The van der Waals surface area contributed by atoms with Crippen LogP contribution in [0.5, 0.6) is 0 Å². The fourth-order valence-electron chi connectivity index (χ4n) is 1.40. The maximum atomic E-state index is 9.16. The molecule has 0 aromatic rings. The standard InChI is InChI=1S/C11H24N2O/c1-5-6-12-7-10(2)8-13(4)9-11(3)14/h11-12,14H,2,5-9H2,1,3-4H3. The second-order valence-corrected chi connectivity index (χ2v) is 3.97. The van der Waals surface area contributed by atoms with Gasteiger partial charge in [0, 0.05) is 19.6 Å². The Labute approximate surface area is 87.8 Å². The summed E-state index contributed by atoms with van der Waals surface area (Å²) in [6.45, 7) is 11.4. The van der Waals surface area contributed by atoms with Crippen LogP contribution in [0.2, 0.25) is 0 Å². The van der Waals surface area contributed by atoms with Crippen LogP contribution in [0, 0.1) is 0 Å². The highest BCUT2D eigenvalue weighted by Crippen LogP contribution is 1.94. The molecule has 0 bridgehead atoms. The zero-order chi connectivity index (χ0) is 11.0. The third-order valence-electron chi connectivity index (χ3n) is 1.87. The molecule has 2 N–H and O–H groups in total. The second kappa shape index (κ2) is 7.97. The third-order valence-corrected chi connectivity index (χ3v) is 1.87. The summed E-state index contributed by atoms with van der Waals surface area (Å²) < 4.78 is 0. The molecule has 0 saturated heterocycles. The first kappa shape index (κ1) is 13.6. The van der Waals surface area contributed by atoms with Crippen LogP contribution in [0.1, 0.15) is 20.3 Å². The lowest BCUT2D eigenvalue weighted by Gasteiger charge is -2.19. The van der Waals surface area contributed by atoms with Gasteiger partial charge < -0.3 is 10.4 Å². The summed E-state index contributed by atoms with van der Waals surface area (Å²) in [5.41, 5.74) is 1.17. The summed E-state index contributed by atoms with van der Waals surface area (Å²) in [4.78, 5) is 2.08. The van der Waals surface area contributed by atoms with E-state index in [9.17, 15) is 0 Å². The zero-order valence-corrected chi connectivity index (χ0v) is 9.71. The first-order valence-corrected chi connectivity index (χ1v) is 5.30. The maximum Gasteiger partial charge on any atom is 0.0639 e. The predicted octanol–water partition coefficient (Wildman–Crippen LogP) is 0.855. The van der Waals surface area contributed by atoms with E-state index in [0.29, 0.717) is 6.54 Å². The summed E-state index contributed by atoms with van der Waals surface area (Å²) in [5, 5.41) is 12.5. The van der Waals surface area contributed by atoms with Gasteiger partial charge >= 0.3 is 0 Å². The molecule has 0 aliphatic heterocycles. The van der Waals surface area contributed by atoms with Gasteiger partial charge in [-0.15, -0.1) is 0 Å². The van der Waals surface area contributed by atoms with Crippen LogP contribution in [-0.2, 0) is 0 Å². The van der Waals surface area contributed by atoms with Gasteiger partial charge in [0.2, 0.25) is 0 Å². The molecule has 0 aromatic carbocycles. The normalized spacial score (nSPS) is 13.2. The Morgan fingerprint density at radius 1 is 1.57 bits per heavy atom. The number of aliphatic hydroxyl groups excluding tert-OH is 1. The molecule has 0 saturated carbocycles. The number of hydrogen-bond donors (Lipinski definition) is 2. The zero-order valence-electron chi connectivity index (χ0n) is 9.71. The molecule has 14 heavy (non-hydrogen) atoms. The van der Waals surface area contributed by atoms with Crippen molar-refractivity contribution in [1.82, 2.24) is 10.2 Å².